The van der Waals surface area contributed by atoms with Crippen LogP contribution >= 0.6 is 0 Å². The molecule has 0 aliphatic rings. The molecule has 0 heterocycles. The van der Waals surface area contributed by atoms with Crippen molar-refractivity contribution in [2.24, 2.45) is 9.98 Å². The van der Waals surface area contributed by atoms with Gasteiger partial charge in [-0.3, -0.25) is 0 Å². The van der Waals surface area contributed by atoms with E-state index in [1.165, 1.54) is 25.5 Å². The second-order valence-corrected chi connectivity index (χ2v) is 4.56. The zero-order chi connectivity index (χ0) is 15.1. The molecule has 20 heavy (non-hydrogen) atoms. The number of unbranched alkanes of at least 4 members (excludes halogenated alkanes) is 2. The molecule has 0 fully saturated rings. The van der Waals surface area contributed by atoms with Gasteiger partial charge in [-0.05, 0) is 12.8 Å². The van der Waals surface area contributed by atoms with E-state index in [2.05, 4.69) is 29.8 Å². The topological polar surface area (TPSA) is 43.2 Å². The summed E-state index contributed by atoms with van der Waals surface area (Å²) in [7, 11) is 1.62. The van der Waals surface area contributed by atoms with Crippen LogP contribution in [-0.4, -0.2) is 38.6 Å². The van der Waals surface area contributed by atoms with Crippen LogP contribution in [0.15, 0.2) is 9.98 Å². The van der Waals surface area contributed by atoms with Crippen LogP contribution in [0.2, 0.25) is 0 Å². The molecule has 0 saturated carbocycles. The number of rotatable bonds is 10. The molecule has 0 aliphatic carbocycles. The average molecular weight is 280 g/mol. The molecular formula is C16H28N2O2. The standard InChI is InChI=1S/C16H28N2O2/c1-5-8-9-11-15(10-6-2)19-13-14-20-16(17-4)18-12-7-3/h3,12,15H,5-6,8-11,13-14H2,1-2,4H3. The number of hydrogen-bond donors (Lipinski definition) is 0. The van der Waals surface area contributed by atoms with E-state index in [-0.39, 0.29) is 0 Å². The van der Waals surface area contributed by atoms with E-state index in [4.69, 9.17) is 15.9 Å². The Bertz CT molecular complexity index is 319. The van der Waals surface area contributed by atoms with Crippen LogP contribution in [-0.2, 0) is 9.47 Å². The van der Waals surface area contributed by atoms with Crippen LogP contribution in [0.25, 0.3) is 0 Å². The number of ether oxygens (including phenoxy) is 2. The molecule has 4 nitrogen and oxygen atoms in total. The monoisotopic (exact) mass is 280 g/mol. The molecule has 0 bridgehead atoms. The summed E-state index contributed by atoms with van der Waals surface area (Å²) in [5, 5.41) is 0. The first-order valence-electron chi connectivity index (χ1n) is 7.48. The number of nitrogens with zero attached hydrogens (tertiary/aromatic N) is 2. The molecule has 0 aromatic heterocycles. The summed E-state index contributed by atoms with van der Waals surface area (Å²) in [6, 6.07) is 0.296. The molecule has 1 atom stereocenters. The van der Waals surface area contributed by atoms with Crippen LogP contribution < -0.4 is 0 Å². The quantitative estimate of drug-likeness (QED) is 0.266. The molecule has 0 N–H and O–H groups in total. The van der Waals surface area contributed by atoms with Crippen molar-refractivity contribution in [1.29, 1.82) is 0 Å². The largest absolute Gasteiger partial charge is 0.461 e. The number of aliphatic imine (C=N–C) groups is 2. The van der Waals surface area contributed by atoms with Crippen molar-refractivity contribution < 1.29 is 9.47 Å². The number of amidine groups is 1. The highest BCUT2D eigenvalue weighted by Gasteiger charge is 2.07. The minimum Gasteiger partial charge on any atom is -0.461 e. The molecule has 0 radical (unpaired) electrons. The summed E-state index contributed by atoms with van der Waals surface area (Å²) in [5.41, 5.74) is 0. The third-order valence-electron chi connectivity index (χ3n) is 2.85. The average Bonchev–Trinajstić information content (AvgIpc) is 2.46. The van der Waals surface area contributed by atoms with Gasteiger partial charge in [-0.2, -0.15) is 4.99 Å². The lowest BCUT2D eigenvalue weighted by atomic mass is 10.1. The van der Waals surface area contributed by atoms with E-state index >= 15 is 0 Å². The Morgan fingerprint density at radius 2 is 2.00 bits per heavy atom. The number of hydrogen-bond acceptors (Lipinski definition) is 3. The van der Waals surface area contributed by atoms with Crippen molar-refractivity contribution in [3.63, 3.8) is 0 Å². The van der Waals surface area contributed by atoms with Gasteiger partial charge < -0.3 is 9.47 Å². The van der Waals surface area contributed by atoms with E-state index in [0.717, 1.165) is 19.3 Å². The molecule has 4 heteroatoms. The third-order valence-corrected chi connectivity index (χ3v) is 2.85. The first kappa shape index (κ1) is 18.7. The van der Waals surface area contributed by atoms with Gasteiger partial charge in [0.1, 0.15) is 6.61 Å². The predicted molar refractivity (Wildman–Crippen MR) is 85.4 cm³/mol. The van der Waals surface area contributed by atoms with Gasteiger partial charge in [0, 0.05) is 7.05 Å². The maximum Gasteiger partial charge on any atom is 0.312 e. The van der Waals surface area contributed by atoms with E-state index < -0.39 is 0 Å². The maximum atomic E-state index is 5.86. The van der Waals surface area contributed by atoms with Gasteiger partial charge in [0.2, 0.25) is 0 Å². The second-order valence-electron chi connectivity index (χ2n) is 4.56. The summed E-state index contributed by atoms with van der Waals surface area (Å²) in [5.74, 6) is 2.30. The van der Waals surface area contributed by atoms with Gasteiger partial charge in [-0.1, -0.05) is 45.5 Å². The minimum atomic E-state index is 0.296. The lowest BCUT2D eigenvalue weighted by Gasteiger charge is -2.17. The molecule has 0 amide bonds. The molecule has 0 aromatic rings. The first-order chi connectivity index (χ1) is 9.78. The fraction of sp³-hybridized carbons (Fsp3) is 0.750. The van der Waals surface area contributed by atoms with Gasteiger partial charge in [-0.15, -0.1) is 6.42 Å². The zero-order valence-electron chi connectivity index (χ0n) is 13.1. The van der Waals surface area contributed by atoms with Gasteiger partial charge in [0.25, 0.3) is 0 Å². The van der Waals surface area contributed by atoms with Crippen LogP contribution in [0, 0.1) is 12.3 Å². The lowest BCUT2D eigenvalue weighted by molar-refractivity contribution is 0.0200. The Kier molecular flexibility index (Phi) is 13.1. The normalized spacial score (nSPS) is 13.4. The molecule has 0 aliphatic heterocycles. The van der Waals surface area contributed by atoms with Crippen LogP contribution in [0.4, 0.5) is 0 Å². The molecule has 0 aromatic carbocycles. The second kappa shape index (κ2) is 14.1. The van der Waals surface area contributed by atoms with Crippen molar-refractivity contribution in [3.05, 3.63) is 0 Å². The first-order valence-corrected chi connectivity index (χ1v) is 7.48. The van der Waals surface area contributed by atoms with Crippen LogP contribution in [0.5, 0.6) is 0 Å². The molecule has 0 rings (SSSR count). The highest BCUT2D eigenvalue weighted by Crippen LogP contribution is 2.12. The van der Waals surface area contributed by atoms with Crippen molar-refractivity contribution in [1.82, 2.24) is 0 Å². The third kappa shape index (κ3) is 10.6. The highest BCUT2D eigenvalue weighted by atomic mass is 16.5. The summed E-state index contributed by atoms with van der Waals surface area (Å²) in [6.07, 6.45) is 13.9. The van der Waals surface area contributed by atoms with E-state index in [9.17, 15) is 0 Å². The van der Waals surface area contributed by atoms with Gasteiger partial charge >= 0.3 is 6.02 Å². The van der Waals surface area contributed by atoms with E-state index in [0.29, 0.717) is 25.3 Å². The highest BCUT2D eigenvalue weighted by molar-refractivity contribution is 5.89. The van der Waals surface area contributed by atoms with E-state index in [1.807, 2.05) is 0 Å². The Morgan fingerprint density at radius 3 is 2.60 bits per heavy atom. The predicted octanol–water partition coefficient (Wildman–Crippen LogP) is 3.46. The summed E-state index contributed by atoms with van der Waals surface area (Å²) >= 11 is 0. The number of terminal acetylenes is 1. The Hall–Kier alpha value is -1.34. The molecule has 0 saturated heterocycles. The minimum absolute atomic E-state index is 0.296. The molecule has 0 spiro atoms. The lowest BCUT2D eigenvalue weighted by Crippen LogP contribution is -2.17. The van der Waals surface area contributed by atoms with Crippen molar-refractivity contribution in [2.45, 2.75) is 58.5 Å². The Labute approximate surface area is 123 Å². The maximum absolute atomic E-state index is 5.86. The zero-order valence-corrected chi connectivity index (χ0v) is 13.1. The molecule has 114 valence electrons. The molecule has 1 unspecified atom stereocenters. The van der Waals surface area contributed by atoms with Gasteiger partial charge in [0.15, 0.2) is 0 Å². The van der Waals surface area contributed by atoms with Gasteiger partial charge in [-0.25, -0.2) is 4.99 Å². The fourth-order valence-electron chi connectivity index (χ4n) is 1.85. The van der Waals surface area contributed by atoms with Crippen molar-refractivity contribution in [2.75, 3.05) is 20.3 Å². The molecular weight excluding hydrogens is 252 g/mol. The summed E-state index contributed by atoms with van der Waals surface area (Å²) < 4.78 is 11.2. The smallest absolute Gasteiger partial charge is 0.312 e. The van der Waals surface area contributed by atoms with Crippen LogP contribution in [0.3, 0.4) is 0 Å². The van der Waals surface area contributed by atoms with Crippen molar-refractivity contribution >= 4 is 12.2 Å². The summed E-state index contributed by atoms with van der Waals surface area (Å²) in [6.45, 7) is 5.40. The fourth-order valence-corrected chi connectivity index (χ4v) is 1.85. The van der Waals surface area contributed by atoms with Gasteiger partial charge in [0.05, 0.1) is 18.9 Å². The van der Waals surface area contributed by atoms with Crippen LogP contribution in [0.1, 0.15) is 52.4 Å². The van der Waals surface area contributed by atoms with Crippen molar-refractivity contribution in [3.8, 4) is 12.3 Å². The Morgan fingerprint density at radius 1 is 1.20 bits per heavy atom. The summed E-state index contributed by atoms with van der Waals surface area (Å²) in [4.78, 5) is 7.77. The Balaban J connectivity index is 3.87. The van der Waals surface area contributed by atoms with E-state index in [1.54, 1.807) is 7.05 Å². The SMILES string of the molecule is C#CC=NC(=NC)OCCOC(CCC)CCCCC.